The van der Waals surface area contributed by atoms with E-state index in [2.05, 4.69) is 0 Å². The first-order valence-corrected chi connectivity index (χ1v) is 5.93. The van der Waals surface area contributed by atoms with Crippen LogP contribution in [0.2, 0.25) is 0 Å². The lowest BCUT2D eigenvalue weighted by molar-refractivity contribution is -0.138. The number of carboxylic acids is 1. The Morgan fingerprint density at radius 3 is 2.42 bits per heavy atom. The molecule has 1 unspecified atom stereocenters. The quantitative estimate of drug-likeness (QED) is 0.580. The summed E-state index contributed by atoms with van der Waals surface area (Å²) in [6.45, 7) is 0. The van der Waals surface area contributed by atoms with Crippen molar-refractivity contribution in [3.8, 4) is 5.75 Å². The molecule has 0 aliphatic carbocycles. The molecule has 98 valence electrons. The number of aliphatic carboxylic acids is 1. The first kappa shape index (κ1) is 13.0. The average Bonchev–Trinajstić information content (AvgIpc) is 2.40. The highest BCUT2D eigenvalue weighted by Crippen LogP contribution is 2.33. The van der Waals surface area contributed by atoms with Crippen molar-refractivity contribution in [3.05, 3.63) is 59.7 Å². The molecular formula is C15H15NO3. The molecule has 4 heteroatoms. The van der Waals surface area contributed by atoms with E-state index in [-0.39, 0.29) is 11.4 Å². The summed E-state index contributed by atoms with van der Waals surface area (Å²) in [5.41, 5.74) is 7.04. The van der Waals surface area contributed by atoms with Gasteiger partial charge in [-0.25, -0.2) is 0 Å². The molecule has 19 heavy (non-hydrogen) atoms. The van der Waals surface area contributed by atoms with Crippen molar-refractivity contribution in [2.45, 2.75) is 12.3 Å². The molecular weight excluding hydrogens is 242 g/mol. The van der Waals surface area contributed by atoms with Crippen molar-refractivity contribution in [2.75, 3.05) is 5.73 Å². The van der Waals surface area contributed by atoms with Crippen molar-refractivity contribution in [3.63, 3.8) is 0 Å². The predicted molar refractivity (Wildman–Crippen MR) is 73.0 cm³/mol. The van der Waals surface area contributed by atoms with Crippen LogP contribution in [0.3, 0.4) is 0 Å². The molecule has 2 aromatic rings. The third-order valence-corrected chi connectivity index (χ3v) is 3.05. The lowest BCUT2D eigenvalue weighted by atomic mass is 9.91. The first-order chi connectivity index (χ1) is 9.09. The standard InChI is InChI=1S/C15H15NO3/c16-13-8-4-7-11(14(13)17)12(15(18)19)9-10-5-2-1-3-6-10/h1-8,12,17H,9,16H2,(H,18,19). The van der Waals surface area contributed by atoms with E-state index in [4.69, 9.17) is 5.73 Å². The number of carbonyl (C=O) groups is 1. The molecule has 4 N–H and O–H groups in total. The summed E-state index contributed by atoms with van der Waals surface area (Å²) in [5, 5.41) is 19.3. The van der Waals surface area contributed by atoms with E-state index >= 15 is 0 Å². The molecule has 4 nitrogen and oxygen atoms in total. The summed E-state index contributed by atoms with van der Waals surface area (Å²) < 4.78 is 0. The van der Waals surface area contributed by atoms with Crippen LogP contribution >= 0.6 is 0 Å². The van der Waals surface area contributed by atoms with Gasteiger partial charge in [-0.1, -0.05) is 42.5 Å². The highest BCUT2D eigenvalue weighted by Gasteiger charge is 2.24. The third kappa shape index (κ3) is 2.85. The Bertz CT molecular complexity index is 581. The Labute approximate surface area is 111 Å². The van der Waals surface area contributed by atoms with Crippen molar-refractivity contribution in [1.82, 2.24) is 0 Å². The Morgan fingerprint density at radius 1 is 1.11 bits per heavy atom. The van der Waals surface area contributed by atoms with Crippen LogP contribution < -0.4 is 5.73 Å². The van der Waals surface area contributed by atoms with E-state index in [1.54, 1.807) is 18.2 Å². The summed E-state index contributed by atoms with van der Waals surface area (Å²) in [6, 6.07) is 14.1. The Kier molecular flexibility index (Phi) is 3.71. The molecule has 0 aromatic heterocycles. The summed E-state index contributed by atoms with van der Waals surface area (Å²) in [7, 11) is 0. The minimum atomic E-state index is -0.982. The molecule has 0 aliphatic rings. The number of phenols is 1. The van der Waals surface area contributed by atoms with E-state index in [1.807, 2.05) is 30.3 Å². The number of para-hydroxylation sites is 1. The van der Waals surface area contributed by atoms with E-state index in [0.717, 1.165) is 5.56 Å². The fraction of sp³-hybridized carbons (Fsp3) is 0.133. The van der Waals surface area contributed by atoms with E-state index in [0.29, 0.717) is 12.0 Å². The number of nitrogen functional groups attached to an aromatic ring is 1. The molecule has 0 aliphatic heterocycles. The normalized spacial score (nSPS) is 12.0. The minimum Gasteiger partial charge on any atom is -0.505 e. The van der Waals surface area contributed by atoms with Crippen LogP contribution in [0.15, 0.2) is 48.5 Å². The van der Waals surface area contributed by atoms with Crippen molar-refractivity contribution < 1.29 is 15.0 Å². The van der Waals surface area contributed by atoms with Gasteiger partial charge in [-0.15, -0.1) is 0 Å². The fourth-order valence-electron chi connectivity index (χ4n) is 2.04. The van der Waals surface area contributed by atoms with Gasteiger partial charge in [-0.2, -0.15) is 0 Å². The van der Waals surface area contributed by atoms with Gasteiger partial charge in [-0.3, -0.25) is 4.79 Å². The molecule has 0 heterocycles. The van der Waals surface area contributed by atoms with Gasteiger partial charge in [-0.05, 0) is 18.1 Å². The Morgan fingerprint density at radius 2 is 1.79 bits per heavy atom. The first-order valence-electron chi connectivity index (χ1n) is 5.93. The SMILES string of the molecule is Nc1cccc(C(Cc2ccccc2)C(=O)O)c1O. The molecule has 2 aromatic carbocycles. The number of hydrogen-bond acceptors (Lipinski definition) is 3. The van der Waals surface area contributed by atoms with Crippen LogP contribution in [-0.4, -0.2) is 16.2 Å². The van der Waals surface area contributed by atoms with Gasteiger partial charge in [0.2, 0.25) is 0 Å². The zero-order valence-electron chi connectivity index (χ0n) is 10.3. The maximum atomic E-state index is 11.4. The highest BCUT2D eigenvalue weighted by molar-refractivity contribution is 5.79. The zero-order valence-corrected chi connectivity index (χ0v) is 10.3. The second-order valence-electron chi connectivity index (χ2n) is 4.37. The third-order valence-electron chi connectivity index (χ3n) is 3.05. The summed E-state index contributed by atoms with van der Waals surface area (Å²) in [5.74, 6) is -1.94. The molecule has 0 amide bonds. The number of benzene rings is 2. The predicted octanol–water partition coefficient (Wildman–Crippen LogP) is 2.39. The Hall–Kier alpha value is -2.49. The number of rotatable bonds is 4. The van der Waals surface area contributed by atoms with Gasteiger partial charge in [0.15, 0.2) is 0 Å². The maximum absolute atomic E-state index is 11.4. The monoisotopic (exact) mass is 257 g/mol. The molecule has 0 bridgehead atoms. The van der Waals surface area contributed by atoms with Crippen molar-refractivity contribution in [1.29, 1.82) is 0 Å². The van der Waals surface area contributed by atoms with Crippen molar-refractivity contribution in [2.24, 2.45) is 0 Å². The van der Waals surface area contributed by atoms with Crippen LogP contribution in [0.25, 0.3) is 0 Å². The summed E-state index contributed by atoms with van der Waals surface area (Å²) in [6.07, 6.45) is 0.313. The molecule has 0 saturated carbocycles. The Balaban J connectivity index is 2.36. The molecule has 2 rings (SSSR count). The molecule has 1 atom stereocenters. The second kappa shape index (κ2) is 5.44. The zero-order chi connectivity index (χ0) is 13.8. The number of anilines is 1. The van der Waals surface area contributed by atoms with Gasteiger partial charge in [0.1, 0.15) is 5.75 Å². The van der Waals surface area contributed by atoms with Gasteiger partial charge in [0.05, 0.1) is 11.6 Å². The lowest BCUT2D eigenvalue weighted by Crippen LogP contribution is -2.15. The van der Waals surface area contributed by atoms with Crippen LogP contribution in [0, 0.1) is 0 Å². The summed E-state index contributed by atoms with van der Waals surface area (Å²) in [4.78, 5) is 11.4. The minimum absolute atomic E-state index is 0.147. The van der Waals surface area contributed by atoms with Crippen LogP contribution in [0.1, 0.15) is 17.0 Å². The highest BCUT2D eigenvalue weighted by atomic mass is 16.4. The molecule has 0 radical (unpaired) electrons. The van der Waals surface area contributed by atoms with Gasteiger partial charge >= 0.3 is 5.97 Å². The van der Waals surface area contributed by atoms with E-state index in [9.17, 15) is 15.0 Å². The molecule has 0 spiro atoms. The van der Waals surface area contributed by atoms with Crippen LogP contribution in [0.5, 0.6) is 5.75 Å². The molecule has 0 fully saturated rings. The van der Waals surface area contributed by atoms with E-state index in [1.165, 1.54) is 0 Å². The summed E-state index contributed by atoms with van der Waals surface area (Å²) >= 11 is 0. The fourth-order valence-corrected chi connectivity index (χ4v) is 2.04. The number of aromatic hydroxyl groups is 1. The van der Waals surface area contributed by atoms with E-state index < -0.39 is 11.9 Å². The number of nitrogens with two attached hydrogens (primary N) is 1. The second-order valence-corrected chi connectivity index (χ2v) is 4.37. The number of hydrogen-bond donors (Lipinski definition) is 3. The number of phenolic OH excluding ortho intramolecular Hbond substituents is 1. The number of carboxylic acid groups (broad SMARTS) is 1. The largest absolute Gasteiger partial charge is 0.505 e. The van der Waals surface area contributed by atoms with Crippen LogP contribution in [-0.2, 0) is 11.2 Å². The topological polar surface area (TPSA) is 83.6 Å². The average molecular weight is 257 g/mol. The van der Waals surface area contributed by atoms with Gasteiger partial charge in [0, 0.05) is 5.56 Å². The van der Waals surface area contributed by atoms with Gasteiger partial charge < -0.3 is 15.9 Å². The van der Waals surface area contributed by atoms with Crippen LogP contribution in [0.4, 0.5) is 5.69 Å². The van der Waals surface area contributed by atoms with Crippen molar-refractivity contribution >= 4 is 11.7 Å². The lowest BCUT2D eigenvalue weighted by Gasteiger charge is -2.15. The van der Waals surface area contributed by atoms with Gasteiger partial charge in [0.25, 0.3) is 0 Å². The molecule has 0 saturated heterocycles. The smallest absolute Gasteiger partial charge is 0.311 e. The maximum Gasteiger partial charge on any atom is 0.311 e.